The summed E-state index contributed by atoms with van der Waals surface area (Å²) in [6.45, 7) is 0.403. The molecule has 160 valence electrons. The van der Waals surface area contributed by atoms with E-state index in [1.54, 1.807) is 0 Å². The Morgan fingerprint density at radius 3 is 2.40 bits per heavy atom. The number of hydrogen-bond donors (Lipinski definition) is 2. The largest absolute Gasteiger partial charge is 0.490 e. The van der Waals surface area contributed by atoms with E-state index in [1.807, 2.05) is 0 Å². The van der Waals surface area contributed by atoms with E-state index < -0.39 is 28.4 Å². The maximum atomic E-state index is 12.8. The summed E-state index contributed by atoms with van der Waals surface area (Å²) in [4.78, 5) is 24.1. The molecular formula is C19H20ClN3O6S. The number of ether oxygens (including phenoxy) is 2. The molecule has 9 nitrogen and oxygen atoms in total. The Kier molecular flexibility index (Phi) is 6.80. The monoisotopic (exact) mass is 453 g/mol. The van der Waals surface area contributed by atoms with Gasteiger partial charge in [0, 0.05) is 30.1 Å². The van der Waals surface area contributed by atoms with Gasteiger partial charge in [0.25, 0.3) is 11.8 Å². The highest BCUT2D eigenvalue weighted by Crippen LogP contribution is 2.32. The number of likely N-dealkylation sites (N-methyl/N-ethyl adjacent to an activating group) is 1. The molecule has 30 heavy (non-hydrogen) atoms. The SMILES string of the molecule is CN(CC(=O)NNC(=O)c1ccc(Cl)cc1)S(=O)(=O)c1ccc2c(c1)OCCCO2. The molecule has 3 rings (SSSR count). The molecule has 2 N–H and O–H groups in total. The predicted octanol–water partition coefficient (Wildman–Crippen LogP) is 1.58. The van der Waals surface area contributed by atoms with Crippen LogP contribution in [0.15, 0.2) is 47.4 Å². The zero-order chi connectivity index (χ0) is 21.7. The van der Waals surface area contributed by atoms with Gasteiger partial charge in [0.05, 0.1) is 24.7 Å². The minimum atomic E-state index is -3.97. The maximum Gasteiger partial charge on any atom is 0.269 e. The minimum absolute atomic E-state index is 0.0350. The third-order valence-electron chi connectivity index (χ3n) is 4.22. The Morgan fingerprint density at radius 1 is 1.03 bits per heavy atom. The highest BCUT2D eigenvalue weighted by molar-refractivity contribution is 7.89. The number of nitrogens with one attached hydrogen (secondary N) is 2. The lowest BCUT2D eigenvalue weighted by Crippen LogP contribution is -2.46. The Hall–Kier alpha value is -2.82. The first-order valence-electron chi connectivity index (χ1n) is 8.98. The van der Waals surface area contributed by atoms with Crippen molar-refractivity contribution in [3.8, 4) is 11.5 Å². The van der Waals surface area contributed by atoms with E-state index in [9.17, 15) is 18.0 Å². The van der Waals surface area contributed by atoms with Crippen LogP contribution in [-0.2, 0) is 14.8 Å². The van der Waals surface area contributed by atoms with Gasteiger partial charge in [-0.25, -0.2) is 8.42 Å². The van der Waals surface area contributed by atoms with Crippen LogP contribution in [0.3, 0.4) is 0 Å². The smallest absolute Gasteiger partial charge is 0.269 e. The fourth-order valence-corrected chi connectivity index (χ4v) is 3.88. The van der Waals surface area contributed by atoms with E-state index in [2.05, 4.69) is 10.9 Å². The summed E-state index contributed by atoms with van der Waals surface area (Å²) < 4.78 is 37.4. The summed E-state index contributed by atoms with van der Waals surface area (Å²) in [5.41, 5.74) is 4.69. The Bertz CT molecular complexity index is 1040. The standard InChI is InChI=1S/C19H20ClN3O6S/c1-23(12-18(24)21-22-19(25)13-3-5-14(20)6-4-13)30(26,27)15-7-8-16-17(11-15)29-10-2-9-28-16/h3-8,11H,2,9-10,12H2,1H3,(H,21,24)(H,22,25). The first kappa shape index (κ1) is 21.9. The Balaban J connectivity index is 1.60. The summed E-state index contributed by atoms with van der Waals surface area (Å²) in [5.74, 6) is -0.468. The highest BCUT2D eigenvalue weighted by atomic mass is 35.5. The molecule has 0 atom stereocenters. The first-order chi connectivity index (χ1) is 14.3. The van der Waals surface area contributed by atoms with Crippen LogP contribution in [0.4, 0.5) is 0 Å². The van der Waals surface area contributed by atoms with Crippen molar-refractivity contribution < 1.29 is 27.5 Å². The lowest BCUT2D eigenvalue weighted by molar-refractivity contribution is -0.121. The molecule has 1 aliphatic heterocycles. The number of fused-ring (bicyclic) bond motifs is 1. The predicted molar refractivity (Wildman–Crippen MR) is 109 cm³/mol. The van der Waals surface area contributed by atoms with Gasteiger partial charge in [-0.2, -0.15) is 4.31 Å². The van der Waals surface area contributed by atoms with Gasteiger partial charge in [0.2, 0.25) is 10.0 Å². The second-order valence-electron chi connectivity index (χ2n) is 6.43. The van der Waals surface area contributed by atoms with Gasteiger partial charge >= 0.3 is 0 Å². The number of hydrazine groups is 1. The zero-order valence-corrected chi connectivity index (χ0v) is 17.6. The Morgan fingerprint density at radius 2 is 1.70 bits per heavy atom. The number of sulfonamides is 1. The molecular weight excluding hydrogens is 434 g/mol. The summed E-state index contributed by atoms with van der Waals surface area (Å²) in [7, 11) is -2.70. The van der Waals surface area contributed by atoms with E-state index in [1.165, 1.54) is 49.5 Å². The molecule has 0 saturated heterocycles. The molecule has 0 aliphatic carbocycles. The van der Waals surface area contributed by atoms with Crippen molar-refractivity contribution in [1.29, 1.82) is 0 Å². The van der Waals surface area contributed by atoms with Gasteiger partial charge in [-0.1, -0.05) is 11.6 Å². The van der Waals surface area contributed by atoms with Crippen molar-refractivity contribution in [2.75, 3.05) is 26.8 Å². The van der Waals surface area contributed by atoms with Gasteiger partial charge in [-0.15, -0.1) is 0 Å². The molecule has 0 unspecified atom stereocenters. The van der Waals surface area contributed by atoms with Crippen molar-refractivity contribution >= 4 is 33.4 Å². The lowest BCUT2D eigenvalue weighted by Gasteiger charge is -2.18. The highest BCUT2D eigenvalue weighted by Gasteiger charge is 2.25. The normalized spacial score (nSPS) is 13.4. The van der Waals surface area contributed by atoms with Gasteiger partial charge in [0.15, 0.2) is 11.5 Å². The topological polar surface area (TPSA) is 114 Å². The van der Waals surface area contributed by atoms with Gasteiger partial charge in [-0.3, -0.25) is 20.4 Å². The van der Waals surface area contributed by atoms with Crippen molar-refractivity contribution in [2.24, 2.45) is 0 Å². The average Bonchev–Trinajstić information content (AvgIpc) is 2.97. The van der Waals surface area contributed by atoms with E-state index in [0.717, 1.165) is 4.31 Å². The van der Waals surface area contributed by atoms with Crippen LogP contribution in [0.2, 0.25) is 5.02 Å². The summed E-state index contributed by atoms with van der Waals surface area (Å²) in [5, 5.41) is 0.470. The van der Waals surface area contributed by atoms with Crippen LogP contribution in [0.1, 0.15) is 16.8 Å². The molecule has 2 amide bonds. The molecule has 2 aromatic rings. The molecule has 0 radical (unpaired) electrons. The van der Waals surface area contributed by atoms with E-state index in [-0.39, 0.29) is 10.5 Å². The van der Waals surface area contributed by atoms with E-state index in [0.29, 0.717) is 36.2 Å². The molecule has 1 aliphatic rings. The van der Waals surface area contributed by atoms with Gasteiger partial charge in [-0.05, 0) is 36.4 Å². The van der Waals surface area contributed by atoms with Gasteiger partial charge < -0.3 is 9.47 Å². The second kappa shape index (κ2) is 9.33. The van der Waals surface area contributed by atoms with E-state index >= 15 is 0 Å². The number of carbonyl (C=O) groups excluding carboxylic acids is 2. The van der Waals surface area contributed by atoms with Crippen molar-refractivity contribution in [1.82, 2.24) is 15.2 Å². The van der Waals surface area contributed by atoms with E-state index in [4.69, 9.17) is 21.1 Å². The van der Waals surface area contributed by atoms with Crippen LogP contribution in [-0.4, -0.2) is 51.3 Å². The maximum absolute atomic E-state index is 12.8. The third kappa shape index (κ3) is 5.21. The summed E-state index contributed by atoms with van der Waals surface area (Å²) in [6.07, 6.45) is 0.693. The number of hydrogen-bond acceptors (Lipinski definition) is 6. The first-order valence-corrected chi connectivity index (χ1v) is 10.8. The molecule has 0 fully saturated rings. The quantitative estimate of drug-likeness (QED) is 0.664. The van der Waals surface area contributed by atoms with Crippen LogP contribution in [0.25, 0.3) is 0 Å². The number of nitrogens with zero attached hydrogens (tertiary/aromatic N) is 1. The molecule has 1 heterocycles. The lowest BCUT2D eigenvalue weighted by atomic mass is 10.2. The fourth-order valence-electron chi connectivity index (χ4n) is 2.61. The number of carbonyl (C=O) groups is 2. The number of rotatable bonds is 5. The van der Waals surface area contributed by atoms with Crippen LogP contribution in [0, 0.1) is 0 Å². The molecule has 0 bridgehead atoms. The average molecular weight is 454 g/mol. The number of halogens is 1. The van der Waals surface area contributed by atoms with Crippen LogP contribution < -0.4 is 20.3 Å². The second-order valence-corrected chi connectivity index (χ2v) is 8.91. The van der Waals surface area contributed by atoms with Crippen LogP contribution >= 0.6 is 11.6 Å². The minimum Gasteiger partial charge on any atom is -0.490 e. The van der Waals surface area contributed by atoms with Crippen molar-refractivity contribution in [3.05, 3.63) is 53.1 Å². The van der Waals surface area contributed by atoms with Crippen molar-refractivity contribution in [2.45, 2.75) is 11.3 Å². The fraction of sp³-hybridized carbons (Fsp3) is 0.263. The Labute approximate surface area is 178 Å². The number of benzene rings is 2. The summed E-state index contributed by atoms with van der Waals surface area (Å²) in [6, 6.07) is 10.3. The number of amides is 2. The zero-order valence-electron chi connectivity index (χ0n) is 16.1. The third-order valence-corrected chi connectivity index (χ3v) is 6.27. The van der Waals surface area contributed by atoms with Crippen molar-refractivity contribution in [3.63, 3.8) is 0 Å². The molecule has 11 heteroatoms. The van der Waals surface area contributed by atoms with Crippen LogP contribution in [0.5, 0.6) is 11.5 Å². The molecule has 2 aromatic carbocycles. The summed E-state index contributed by atoms with van der Waals surface area (Å²) >= 11 is 5.76. The molecule has 0 saturated carbocycles. The molecule has 0 aromatic heterocycles. The molecule has 0 spiro atoms. The van der Waals surface area contributed by atoms with Gasteiger partial charge in [0.1, 0.15) is 0 Å².